The van der Waals surface area contributed by atoms with Gasteiger partial charge in [0, 0.05) is 30.3 Å². The maximum absolute atomic E-state index is 12.0. The van der Waals surface area contributed by atoms with Gasteiger partial charge >= 0.3 is 0 Å². The summed E-state index contributed by atoms with van der Waals surface area (Å²) in [5.41, 5.74) is 7.97. The summed E-state index contributed by atoms with van der Waals surface area (Å²) >= 11 is 0. The Kier molecular flexibility index (Phi) is 3.53. The molecule has 1 amide bonds. The molecule has 2 N–H and O–H groups in total. The third kappa shape index (κ3) is 2.64. The second kappa shape index (κ2) is 5.65. The van der Waals surface area contributed by atoms with Gasteiger partial charge in [-0.25, -0.2) is 0 Å². The van der Waals surface area contributed by atoms with Crippen LogP contribution in [0.15, 0.2) is 71.9 Å². The molecule has 5 nitrogen and oxygen atoms in total. The molecule has 0 aliphatic heterocycles. The average Bonchev–Trinajstić information content (AvgIpc) is 2.56. The molecule has 2 heterocycles. The molecular formula is C17H13N3O2. The number of benzene rings is 1. The molecule has 5 heteroatoms. The van der Waals surface area contributed by atoms with Crippen molar-refractivity contribution < 1.29 is 4.79 Å². The zero-order chi connectivity index (χ0) is 15.5. The Hall–Kier alpha value is -3.21. The fourth-order valence-electron chi connectivity index (χ4n) is 2.18. The highest BCUT2D eigenvalue weighted by Crippen LogP contribution is 2.19. The quantitative estimate of drug-likeness (QED) is 0.801. The van der Waals surface area contributed by atoms with Crippen molar-refractivity contribution in [3.05, 3.63) is 83.0 Å². The van der Waals surface area contributed by atoms with Crippen LogP contribution in [-0.2, 0) is 0 Å². The molecule has 0 radical (unpaired) electrons. The van der Waals surface area contributed by atoms with Crippen LogP contribution in [0.1, 0.15) is 10.4 Å². The zero-order valence-electron chi connectivity index (χ0n) is 11.6. The van der Waals surface area contributed by atoms with E-state index in [1.807, 2.05) is 36.4 Å². The van der Waals surface area contributed by atoms with Crippen LogP contribution in [0.3, 0.4) is 0 Å². The lowest BCUT2D eigenvalue weighted by molar-refractivity contribution is 0.0999. The van der Waals surface area contributed by atoms with Gasteiger partial charge in [0.2, 0.25) is 5.91 Å². The van der Waals surface area contributed by atoms with Gasteiger partial charge < -0.3 is 5.73 Å². The summed E-state index contributed by atoms with van der Waals surface area (Å²) < 4.78 is 1.40. The Morgan fingerprint density at radius 1 is 1.00 bits per heavy atom. The fourth-order valence-corrected chi connectivity index (χ4v) is 2.18. The lowest BCUT2D eigenvalue weighted by atomic mass is 10.1. The summed E-state index contributed by atoms with van der Waals surface area (Å²) in [7, 11) is 0. The van der Waals surface area contributed by atoms with Crippen LogP contribution in [-0.4, -0.2) is 15.5 Å². The maximum atomic E-state index is 12.0. The molecule has 0 saturated heterocycles. The van der Waals surface area contributed by atoms with Crippen molar-refractivity contribution in [3.8, 4) is 16.8 Å². The Bertz CT molecular complexity index is 868. The first-order valence-corrected chi connectivity index (χ1v) is 6.68. The van der Waals surface area contributed by atoms with Crippen LogP contribution < -0.4 is 11.3 Å². The molecule has 2 aromatic heterocycles. The lowest BCUT2D eigenvalue weighted by Crippen LogP contribution is -2.20. The SMILES string of the molecule is NC(=O)c1ccc(=O)n(-c2ccc(-c3cccnc3)cc2)c1. The van der Waals surface area contributed by atoms with E-state index in [0.29, 0.717) is 5.69 Å². The first-order valence-electron chi connectivity index (χ1n) is 6.68. The molecule has 3 aromatic rings. The monoisotopic (exact) mass is 291 g/mol. The number of carbonyl (C=O) groups excluding carboxylic acids is 1. The van der Waals surface area contributed by atoms with Gasteiger partial charge in [0.1, 0.15) is 0 Å². The largest absolute Gasteiger partial charge is 0.366 e. The highest BCUT2D eigenvalue weighted by molar-refractivity contribution is 5.92. The first-order chi connectivity index (χ1) is 10.6. The van der Waals surface area contributed by atoms with Crippen LogP contribution in [0.4, 0.5) is 0 Å². The van der Waals surface area contributed by atoms with Gasteiger partial charge in [-0.15, -0.1) is 0 Å². The molecule has 1 aromatic carbocycles. The number of carbonyl (C=O) groups is 1. The molecular weight excluding hydrogens is 278 g/mol. The molecule has 0 fully saturated rings. The minimum Gasteiger partial charge on any atom is -0.366 e. The molecule has 0 aliphatic rings. The van der Waals surface area contributed by atoms with Crippen molar-refractivity contribution in [2.24, 2.45) is 5.73 Å². The van der Waals surface area contributed by atoms with Crippen LogP contribution in [0.25, 0.3) is 16.8 Å². The van der Waals surface area contributed by atoms with E-state index in [4.69, 9.17) is 5.73 Å². The van der Waals surface area contributed by atoms with E-state index >= 15 is 0 Å². The number of nitrogens with two attached hydrogens (primary N) is 1. The van der Waals surface area contributed by atoms with E-state index in [0.717, 1.165) is 11.1 Å². The third-order valence-corrected chi connectivity index (χ3v) is 3.34. The number of rotatable bonds is 3. The molecule has 0 bridgehead atoms. The molecule has 0 unspecified atom stereocenters. The Balaban J connectivity index is 2.02. The molecule has 0 aliphatic carbocycles. The second-order valence-electron chi connectivity index (χ2n) is 4.78. The van der Waals surface area contributed by atoms with E-state index in [2.05, 4.69) is 4.98 Å². The predicted molar refractivity (Wildman–Crippen MR) is 83.8 cm³/mol. The highest BCUT2D eigenvalue weighted by Gasteiger charge is 2.06. The van der Waals surface area contributed by atoms with Gasteiger partial charge in [-0.2, -0.15) is 0 Å². The van der Waals surface area contributed by atoms with E-state index in [-0.39, 0.29) is 11.1 Å². The standard InChI is InChI=1S/C17H13N3O2/c18-17(22)14-5-8-16(21)20(11-14)15-6-3-12(4-7-15)13-2-1-9-19-10-13/h1-11H,(H2,18,22). The minimum atomic E-state index is -0.569. The number of pyridine rings is 2. The fraction of sp³-hybridized carbons (Fsp3) is 0. The summed E-state index contributed by atoms with van der Waals surface area (Å²) in [6.45, 7) is 0. The van der Waals surface area contributed by atoms with Gasteiger partial charge in [-0.05, 0) is 35.4 Å². The van der Waals surface area contributed by atoms with E-state index in [1.54, 1.807) is 12.4 Å². The lowest BCUT2D eigenvalue weighted by Gasteiger charge is -2.08. The van der Waals surface area contributed by atoms with Gasteiger partial charge in [-0.1, -0.05) is 18.2 Å². The van der Waals surface area contributed by atoms with Crippen molar-refractivity contribution >= 4 is 5.91 Å². The molecule has 0 saturated carbocycles. The van der Waals surface area contributed by atoms with Crippen LogP contribution in [0.5, 0.6) is 0 Å². The molecule has 108 valence electrons. The van der Waals surface area contributed by atoms with Gasteiger partial charge in [0.15, 0.2) is 0 Å². The Morgan fingerprint density at radius 2 is 1.77 bits per heavy atom. The smallest absolute Gasteiger partial charge is 0.255 e. The van der Waals surface area contributed by atoms with Crippen molar-refractivity contribution in [2.75, 3.05) is 0 Å². The van der Waals surface area contributed by atoms with E-state index in [9.17, 15) is 9.59 Å². The highest BCUT2D eigenvalue weighted by atomic mass is 16.1. The van der Waals surface area contributed by atoms with Crippen LogP contribution in [0, 0.1) is 0 Å². The Morgan fingerprint density at radius 3 is 2.41 bits per heavy atom. The van der Waals surface area contributed by atoms with Crippen molar-refractivity contribution in [3.63, 3.8) is 0 Å². The number of hydrogen-bond donors (Lipinski definition) is 1. The van der Waals surface area contributed by atoms with Crippen LogP contribution in [0.2, 0.25) is 0 Å². The van der Waals surface area contributed by atoms with Crippen molar-refractivity contribution in [1.29, 1.82) is 0 Å². The zero-order valence-corrected chi connectivity index (χ0v) is 11.6. The Labute approximate surface area is 126 Å². The third-order valence-electron chi connectivity index (χ3n) is 3.34. The van der Waals surface area contributed by atoms with Crippen LogP contribution >= 0.6 is 0 Å². The second-order valence-corrected chi connectivity index (χ2v) is 4.78. The summed E-state index contributed by atoms with van der Waals surface area (Å²) in [6, 6.07) is 14.0. The van der Waals surface area contributed by atoms with E-state index in [1.165, 1.54) is 22.9 Å². The molecule has 22 heavy (non-hydrogen) atoms. The maximum Gasteiger partial charge on any atom is 0.255 e. The summed E-state index contributed by atoms with van der Waals surface area (Å²) in [5, 5.41) is 0. The first kappa shape index (κ1) is 13.8. The predicted octanol–water partition coefficient (Wildman–Crippen LogP) is 2.00. The summed E-state index contributed by atoms with van der Waals surface area (Å²) in [4.78, 5) is 27.3. The normalized spacial score (nSPS) is 10.4. The van der Waals surface area contributed by atoms with Crippen molar-refractivity contribution in [2.45, 2.75) is 0 Å². The molecule has 0 atom stereocenters. The molecule has 3 rings (SSSR count). The summed E-state index contributed by atoms with van der Waals surface area (Å²) in [5.74, 6) is -0.569. The van der Waals surface area contributed by atoms with E-state index < -0.39 is 5.91 Å². The average molecular weight is 291 g/mol. The van der Waals surface area contributed by atoms with Gasteiger partial charge in [0.05, 0.1) is 5.56 Å². The number of hydrogen-bond acceptors (Lipinski definition) is 3. The summed E-state index contributed by atoms with van der Waals surface area (Å²) in [6.07, 6.45) is 4.94. The van der Waals surface area contributed by atoms with Crippen molar-refractivity contribution in [1.82, 2.24) is 9.55 Å². The minimum absolute atomic E-state index is 0.223. The number of amides is 1. The number of nitrogens with zero attached hydrogens (tertiary/aromatic N) is 2. The number of aromatic nitrogens is 2. The molecule has 0 spiro atoms. The number of primary amides is 1. The van der Waals surface area contributed by atoms with Gasteiger partial charge in [-0.3, -0.25) is 19.1 Å². The van der Waals surface area contributed by atoms with Gasteiger partial charge in [0.25, 0.3) is 5.56 Å². The topological polar surface area (TPSA) is 78.0 Å².